The van der Waals surface area contributed by atoms with E-state index in [0.717, 1.165) is 12.3 Å². The van der Waals surface area contributed by atoms with E-state index in [4.69, 9.17) is 9.47 Å². The summed E-state index contributed by atoms with van der Waals surface area (Å²) in [4.78, 5) is 24.8. The molecule has 0 amide bonds. The number of ketones is 2. The van der Waals surface area contributed by atoms with E-state index in [1.165, 1.54) is 58.8 Å². The highest BCUT2D eigenvalue weighted by molar-refractivity contribution is 6.21. The summed E-state index contributed by atoms with van der Waals surface area (Å²) in [5.74, 6) is 1.92. The van der Waals surface area contributed by atoms with E-state index in [2.05, 4.69) is 0 Å². The lowest BCUT2D eigenvalue weighted by Gasteiger charge is -2.42. The van der Waals surface area contributed by atoms with E-state index < -0.39 is 0 Å². The van der Waals surface area contributed by atoms with Gasteiger partial charge in [0.25, 0.3) is 0 Å². The largest absolute Gasteiger partial charge is 0.493 e. The Balaban J connectivity index is 1.84. The van der Waals surface area contributed by atoms with E-state index in [0.29, 0.717) is 23.8 Å². The molecule has 4 nitrogen and oxygen atoms in total. The van der Waals surface area contributed by atoms with Crippen molar-refractivity contribution in [3.05, 3.63) is 23.2 Å². The van der Waals surface area contributed by atoms with Gasteiger partial charge in [-0.25, -0.2) is 0 Å². The number of Topliss-reactive ketones (excluding diaryl/α,β-unsaturated/α-hetero) is 1. The van der Waals surface area contributed by atoms with Gasteiger partial charge in [0, 0.05) is 11.6 Å². The summed E-state index contributed by atoms with van der Waals surface area (Å²) in [6.07, 6.45) is 10.8. The van der Waals surface area contributed by atoms with Gasteiger partial charge in [0.1, 0.15) is 0 Å². The zero-order chi connectivity index (χ0) is 16.4. The van der Waals surface area contributed by atoms with Crippen LogP contribution in [-0.4, -0.2) is 25.8 Å². The number of rotatable bonds is 4. The van der Waals surface area contributed by atoms with E-state index in [1.54, 1.807) is 0 Å². The van der Waals surface area contributed by atoms with Crippen LogP contribution < -0.4 is 0 Å². The summed E-state index contributed by atoms with van der Waals surface area (Å²) in [5.41, 5.74) is 0.521. The van der Waals surface area contributed by atoms with Gasteiger partial charge in [0.05, 0.1) is 14.2 Å². The SMILES string of the molecule is COC1=CC(=O)C(OC)=C(CC2CCCC3CCCCC32)C1=O. The van der Waals surface area contributed by atoms with Crippen molar-refractivity contribution in [1.29, 1.82) is 0 Å². The Morgan fingerprint density at radius 3 is 2.48 bits per heavy atom. The molecule has 0 aliphatic heterocycles. The van der Waals surface area contributed by atoms with Crippen molar-refractivity contribution < 1.29 is 19.1 Å². The summed E-state index contributed by atoms with van der Waals surface area (Å²) in [7, 11) is 2.90. The predicted molar refractivity (Wildman–Crippen MR) is 86.5 cm³/mol. The number of carbonyl (C=O) groups is 2. The van der Waals surface area contributed by atoms with E-state index in [-0.39, 0.29) is 23.1 Å². The number of hydrogen-bond acceptors (Lipinski definition) is 4. The normalized spacial score (nSPS) is 31.6. The van der Waals surface area contributed by atoms with Gasteiger partial charge < -0.3 is 9.47 Å². The van der Waals surface area contributed by atoms with E-state index in [1.807, 2.05) is 0 Å². The van der Waals surface area contributed by atoms with Crippen LogP contribution in [0.2, 0.25) is 0 Å². The van der Waals surface area contributed by atoms with Gasteiger partial charge in [-0.2, -0.15) is 0 Å². The highest BCUT2D eigenvalue weighted by Crippen LogP contribution is 2.46. The molecule has 0 spiro atoms. The molecule has 3 aliphatic carbocycles. The number of hydrogen-bond donors (Lipinski definition) is 0. The predicted octanol–water partition coefficient (Wildman–Crippen LogP) is 3.57. The number of ether oxygens (including phenoxy) is 2. The van der Waals surface area contributed by atoms with Gasteiger partial charge in [-0.05, 0) is 37.0 Å². The molecule has 0 aromatic rings. The smallest absolute Gasteiger partial charge is 0.227 e. The van der Waals surface area contributed by atoms with E-state index >= 15 is 0 Å². The summed E-state index contributed by atoms with van der Waals surface area (Å²) in [5, 5.41) is 0. The van der Waals surface area contributed by atoms with Gasteiger partial charge in [-0.1, -0.05) is 32.1 Å². The molecule has 126 valence electrons. The summed E-state index contributed by atoms with van der Waals surface area (Å²) in [6.45, 7) is 0. The van der Waals surface area contributed by atoms with Crippen molar-refractivity contribution in [2.45, 2.75) is 51.4 Å². The average Bonchev–Trinajstić information content (AvgIpc) is 2.58. The maximum Gasteiger partial charge on any atom is 0.227 e. The van der Waals surface area contributed by atoms with Crippen molar-refractivity contribution in [3.63, 3.8) is 0 Å². The number of allylic oxidation sites excluding steroid dienone is 2. The Bertz CT molecular complexity index is 556. The van der Waals surface area contributed by atoms with Crippen LogP contribution in [0.1, 0.15) is 51.4 Å². The number of methoxy groups -OCH3 is 2. The minimum Gasteiger partial charge on any atom is -0.493 e. The van der Waals surface area contributed by atoms with Crippen LogP contribution in [0.3, 0.4) is 0 Å². The molecule has 3 aliphatic rings. The Kier molecular flexibility index (Phi) is 4.88. The van der Waals surface area contributed by atoms with Crippen molar-refractivity contribution >= 4 is 11.6 Å². The molecule has 3 atom stereocenters. The third-order valence-electron chi connectivity index (χ3n) is 5.87. The van der Waals surface area contributed by atoms with Crippen molar-refractivity contribution in [3.8, 4) is 0 Å². The molecule has 0 N–H and O–H groups in total. The van der Waals surface area contributed by atoms with Gasteiger partial charge >= 0.3 is 0 Å². The molecule has 0 heterocycles. The topological polar surface area (TPSA) is 52.6 Å². The number of fused-ring (bicyclic) bond motifs is 1. The van der Waals surface area contributed by atoms with Crippen LogP contribution in [-0.2, 0) is 19.1 Å². The van der Waals surface area contributed by atoms with Gasteiger partial charge in [-0.3, -0.25) is 9.59 Å². The second-order valence-corrected chi connectivity index (χ2v) is 7.02. The first-order valence-electron chi connectivity index (χ1n) is 8.77. The van der Waals surface area contributed by atoms with Crippen LogP contribution in [0.25, 0.3) is 0 Å². The van der Waals surface area contributed by atoms with Crippen LogP contribution in [0, 0.1) is 17.8 Å². The second-order valence-electron chi connectivity index (χ2n) is 7.02. The van der Waals surface area contributed by atoms with Gasteiger partial charge in [0.2, 0.25) is 11.6 Å². The van der Waals surface area contributed by atoms with Gasteiger partial charge in [0.15, 0.2) is 11.5 Å². The fraction of sp³-hybridized carbons (Fsp3) is 0.684. The second kappa shape index (κ2) is 6.90. The molecule has 3 rings (SSSR count). The third kappa shape index (κ3) is 3.08. The minimum absolute atomic E-state index is 0.141. The molecule has 0 aromatic carbocycles. The Hall–Kier alpha value is -1.58. The first-order valence-corrected chi connectivity index (χ1v) is 8.77. The fourth-order valence-electron chi connectivity index (χ4n) is 4.80. The fourth-order valence-corrected chi connectivity index (χ4v) is 4.80. The van der Waals surface area contributed by atoms with Crippen molar-refractivity contribution in [2.24, 2.45) is 17.8 Å². The maximum atomic E-state index is 12.6. The highest BCUT2D eigenvalue weighted by Gasteiger charge is 2.38. The number of carbonyl (C=O) groups excluding carboxylic acids is 2. The third-order valence-corrected chi connectivity index (χ3v) is 5.87. The molecule has 2 fully saturated rings. The summed E-state index contributed by atoms with van der Waals surface area (Å²) in [6, 6.07) is 0. The van der Waals surface area contributed by atoms with Gasteiger partial charge in [-0.15, -0.1) is 0 Å². The molecular weight excluding hydrogens is 292 g/mol. The lowest BCUT2D eigenvalue weighted by molar-refractivity contribution is -0.120. The molecule has 23 heavy (non-hydrogen) atoms. The molecular formula is C19H26O4. The summed E-state index contributed by atoms with van der Waals surface area (Å²) < 4.78 is 10.4. The molecule has 0 saturated heterocycles. The quantitative estimate of drug-likeness (QED) is 0.744. The lowest BCUT2D eigenvalue weighted by atomic mass is 9.64. The molecule has 3 unspecified atom stereocenters. The average molecular weight is 318 g/mol. The summed E-state index contributed by atoms with van der Waals surface area (Å²) >= 11 is 0. The first kappa shape index (κ1) is 16.3. The Labute approximate surface area is 137 Å². The van der Waals surface area contributed by atoms with Crippen LogP contribution in [0.15, 0.2) is 23.2 Å². The minimum atomic E-state index is -0.255. The molecule has 2 saturated carbocycles. The Morgan fingerprint density at radius 1 is 1.00 bits per heavy atom. The van der Waals surface area contributed by atoms with Crippen LogP contribution in [0.5, 0.6) is 0 Å². The zero-order valence-corrected chi connectivity index (χ0v) is 14.1. The van der Waals surface area contributed by atoms with Crippen molar-refractivity contribution in [1.82, 2.24) is 0 Å². The molecule has 0 bridgehead atoms. The van der Waals surface area contributed by atoms with Crippen molar-refractivity contribution in [2.75, 3.05) is 14.2 Å². The molecule has 4 heteroatoms. The first-order chi connectivity index (χ1) is 11.2. The molecule has 0 radical (unpaired) electrons. The Morgan fingerprint density at radius 2 is 1.74 bits per heavy atom. The maximum absolute atomic E-state index is 12.6. The lowest BCUT2D eigenvalue weighted by Crippen LogP contribution is -2.33. The monoisotopic (exact) mass is 318 g/mol. The molecule has 0 aromatic heterocycles. The van der Waals surface area contributed by atoms with E-state index in [9.17, 15) is 9.59 Å². The highest BCUT2D eigenvalue weighted by atomic mass is 16.5. The van der Waals surface area contributed by atoms with Crippen LogP contribution in [0.4, 0.5) is 0 Å². The van der Waals surface area contributed by atoms with Crippen LogP contribution >= 0.6 is 0 Å². The zero-order valence-electron chi connectivity index (χ0n) is 14.1. The standard InChI is InChI=1S/C19H26O4/c1-22-17-11-16(20)19(23-2)15(18(17)21)10-13-8-5-7-12-6-3-4-9-14(12)13/h11-14H,3-10H2,1-2H3.